The fraction of sp³-hybridized carbons (Fsp3) is 0.298. The summed E-state index contributed by atoms with van der Waals surface area (Å²) >= 11 is 0. The van der Waals surface area contributed by atoms with E-state index in [4.69, 9.17) is 75.8 Å². The molecule has 0 aliphatic rings. The number of aromatic nitrogens is 14. The minimum atomic E-state index is 0.125. The first-order valence-corrected chi connectivity index (χ1v) is 25.7. The van der Waals surface area contributed by atoms with E-state index < -0.39 is 0 Å². The van der Waals surface area contributed by atoms with Gasteiger partial charge in [-0.25, -0.2) is 4.98 Å². The lowest BCUT2D eigenvalue weighted by Gasteiger charge is -2.06. The molecule has 32 heteroatoms. The highest BCUT2D eigenvalue weighted by atomic mass is 16.5. The van der Waals surface area contributed by atoms with E-state index in [-0.39, 0.29) is 42.1 Å². The van der Waals surface area contributed by atoms with Gasteiger partial charge < -0.3 is 86.4 Å². The fourth-order valence-electron chi connectivity index (χ4n) is 5.71. The third-order valence-corrected chi connectivity index (χ3v) is 9.94. The molecule has 6 aromatic heterocycles. The molecule has 0 aliphatic heterocycles. The fourth-order valence-corrected chi connectivity index (χ4v) is 5.71. The van der Waals surface area contributed by atoms with Crippen molar-refractivity contribution in [2.45, 2.75) is 6.92 Å². The van der Waals surface area contributed by atoms with Gasteiger partial charge >= 0.3 is 48.1 Å². The minimum Gasteiger partial charge on any atom is -0.496 e. The first-order valence-electron chi connectivity index (χ1n) is 25.7. The largest absolute Gasteiger partial charge is 0.496 e. The van der Waals surface area contributed by atoms with Gasteiger partial charge in [-0.1, -0.05) is 42.5 Å². The van der Waals surface area contributed by atoms with Crippen LogP contribution < -0.4 is 86.4 Å². The molecule has 0 aliphatic carbocycles. The lowest BCUT2D eigenvalue weighted by atomic mass is 10.3. The zero-order valence-corrected chi connectivity index (χ0v) is 52.3. The van der Waals surface area contributed by atoms with Crippen molar-refractivity contribution in [1.29, 1.82) is 0 Å². The standard InChI is InChI=1S/C11H13N5O.C11H11N3O3.C9H12O3.C7H10N2O2.C7H9NO2.C6H9N3O3.C6H8N2O2/c1-12-9-14-10(13-2)16-11(15-9)17-8-6-4-3-5-7-8;1-15-9-12-10(16-2)14-11(13-9)17-8-6-4-3-5-7-8;1-10-7-4-8(11-2)6-9(5-7)12-3;1-5-4-6(10-2)9-7(8-5)11-3;1-9-6-4-3-5-7(8-6)10-2;1-10-4-7-5(11-2)9-6(8-4)12-3;1-9-5-3-4-6(10-2)8-7-5/h3-7H,1-2H3,(H2,12,13,14,15,16);3-7H,1-2H3;4-6H,1-3H3;4H,1-3H3;3-5H,1-2H3;1-3H3;3-4H,1-2H3. The summed E-state index contributed by atoms with van der Waals surface area (Å²) in [6, 6.07) is 35.9. The quantitative estimate of drug-likeness (QED) is 0.0748. The van der Waals surface area contributed by atoms with E-state index in [9.17, 15) is 0 Å². The molecular formula is C57H72N16O16. The topological polar surface area (TPSA) is 352 Å². The maximum absolute atomic E-state index is 5.52. The predicted octanol–water partition coefficient (Wildman–Crippen LogP) is 7.43. The number of hydrogen-bond acceptors (Lipinski definition) is 32. The van der Waals surface area contributed by atoms with E-state index in [0.717, 1.165) is 22.9 Å². The molecule has 9 rings (SSSR count). The van der Waals surface area contributed by atoms with Gasteiger partial charge in [0.25, 0.3) is 0 Å². The molecule has 0 spiro atoms. The molecule has 0 atom stereocenters. The second kappa shape index (κ2) is 41.4. The van der Waals surface area contributed by atoms with Crippen LogP contribution in [0.5, 0.6) is 106 Å². The summed E-state index contributed by atoms with van der Waals surface area (Å²) < 4.78 is 79.3. The molecule has 476 valence electrons. The van der Waals surface area contributed by atoms with Crippen LogP contribution in [0.4, 0.5) is 11.9 Å². The number of nitrogens with one attached hydrogen (secondary N) is 2. The van der Waals surface area contributed by atoms with E-state index in [1.165, 1.54) is 56.9 Å². The molecule has 0 saturated carbocycles. The Morgan fingerprint density at radius 2 is 0.573 bits per heavy atom. The van der Waals surface area contributed by atoms with E-state index in [2.05, 4.69) is 80.6 Å². The Morgan fingerprint density at radius 1 is 0.247 bits per heavy atom. The summed E-state index contributed by atoms with van der Waals surface area (Å²) in [5.41, 5.74) is 0.828. The van der Waals surface area contributed by atoms with Crippen LogP contribution in [0.25, 0.3) is 0 Å². The maximum atomic E-state index is 5.52. The average Bonchev–Trinajstić information content (AvgIpc) is 3.80. The molecule has 9 aromatic rings. The van der Waals surface area contributed by atoms with Crippen molar-refractivity contribution in [2.24, 2.45) is 0 Å². The summed E-state index contributed by atoms with van der Waals surface area (Å²) in [6.45, 7) is 1.85. The molecule has 0 radical (unpaired) electrons. The molecule has 0 amide bonds. The van der Waals surface area contributed by atoms with Gasteiger partial charge in [0.2, 0.25) is 41.3 Å². The Balaban J connectivity index is 0.000000274. The predicted molar refractivity (Wildman–Crippen MR) is 323 cm³/mol. The molecular weight excluding hydrogens is 1160 g/mol. The number of anilines is 2. The van der Waals surface area contributed by atoms with E-state index in [1.54, 1.807) is 117 Å². The van der Waals surface area contributed by atoms with E-state index in [1.807, 2.05) is 61.5 Å². The summed E-state index contributed by atoms with van der Waals surface area (Å²) in [6.07, 6.45) is 0. The summed E-state index contributed by atoms with van der Waals surface area (Å²) in [7, 11) is 24.9. The number of ether oxygens (including phenoxy) is 16. The van der Waals surface area contributed by atoms with E-state index >= 15 is 0 Å². The van der Waals surface area contributed by atoms with Crippen LogP contribution in [-0.4, -0.2) is 184 Å². The van der Waals surface area contributed by atoms with Crippen LogP contribution in [0, 0.1) is 6.92 Å². The van der Waals surface area contributed by atoms with Gasteiger partial charge in [0.1, 0.15) is 28.7 Å². The molecule has 0 unspecified atom stereocenters. The summed E-state index contributed by atoms with van der Waals surface area (Å²) in [4.78, 5) is 47.2. The van der Waals surface area contributed by atoms with Crippen molar-refractivity contribution in [3.63, 3.8) is 0 Å². The van der Waals surface area contributed by atoms with Gasteiger partial charge in [-0.15, -0.1) is 40.1 Å². The number of methoxy groups -OCH3 is 14. The molecule has 89 heavy (non-hydrogen) atoms. The highest BCUT2D eigenvalue weighted by molar-refractivity contribution is 5.42. The van der Waals surface area contributed by atoms with Crippen LogP contribution in [0.1, 0.15) is 5.69 Å². The second-order valence-electron chi connectivity index (χ2n) is 15.6. The number of nitrogens with zero attached hydrogens (tertiary/aromatic N) is 14. The Hall–Kier alpha value is -11.6. The molecule has 2 N–H and O–H groups in total. The van der Waals surface area contributed by atoms with Crippen LogP contribution in [0.3, 0.4) is 0 Å². The lowest BCUT2D eigenvalue weighted by Crippen LogP contribution is -2.05. The summed E-state index contributed by atoms with van der Waals surface area (Å²) in [5, 5.41) is 13.0. The number of pyridine rings is 1. The first kappa shape index (κ1) is 71.7. The normalized spacial score (nSPS) is 9.40. The molecule has 6 heterocycles. The monoisotopic (exact) mass is 1240 g/mol. The SMILES string of the molecule is CNc1nc(NC)nc(Oc2ccccc2)n1.COc1cc(C)nc(OC)n1.COc1cc(OC)cc(OC)c1.COc1ccc(OC)nn1.COc1cccc(OC)n1.COc1nc(OC)nc(OC)n1.COc1nc(OC)nc(Oc2ccccc2)n1. The Labute approximate surface area is 514 Å². The van der Waals surface area contributed by atoms with Crippen molar-refractivity contribution in [1.82, 2.24) is 70.0 Å². The van der Waals surface area contributed by atoms with Crippen LogP contribution >= 0.6 is 0 Å². The van der Waals surface area contributed by atoms with Gasteiger partial charge in [0, 0.05) is 68.3 Å². The van der Waals surface area contributed by atoms with Crippen molar-refractivity contribution in [2.75, 3.05) is 124 Å². The smallest absolute Gasteiger partial charge is 0.331 e. The van der Waals surface area contributed by atoms with Crippen molar-refractivity contribution >= 4 is 11.9 Å². The zero-order chi connectivity index (χ0) is 65.2. The number of para-hydroxylation sites is 2. The number of benzene rings is 3. The van der Waals surface area contributed by atoms with Gasteiger partial charge in [-0.05, 0) is 31.2 Å². The number of aryl methyl sites for hydroxylation is 1. The van der Waals surface area contributed by atoms with Gasteiger partial charge in [-0.3, -0.25) is 0 Å². The van der Waals surface area contributed by atoms with Crippen LogP contribution in [-0.2, 0) is 0 Å². The Kier molecular flexibility index (Phi) is 33.4. The molecule has 0 bridgehead atoms. The number of hydrogen-bond donors (Lipinski definition) is 2. The molecule has 0 fully saturated rings. The average molecular weight is 1240 g/mol. The minimum absolute atomic E-state index is 0.125. The molecule has 0 saturated heterocycles. The second-order valence-corrected chi connectivity index (χ2v) is 15.6. The van der Waals surface area contributed by atoms with E-state index in [0.29, 0.717) is 58.8 Å². The molecule has 32 nitrogen and oxygen atoms in total. The maximum Gasteiger partial charge on any atom is 0.331 e. The van der Waals surface area contributed by atoms with Crippen LogP contribution in [0.2, 0.25) is 0 Å². The Bertz CT molecular complexity index is 3030. The van der Waals surface area contributed by atoms with Gasteiger partial charge in [0.15, 0.2) is 0 Å². The van der Waals surface area contributed by atoms with Crippen molar-refractivity contribution < 1.29 is 75.8 Å². The van der Waals surface area contributed by atoms with Gasteiger partial charge in [-0.2, -0.15) is 24.9 Å². The summed E-state index contributed by atoms with van der Waals surface area (Å²) in [5.74, 6) is 7.04. The highest BCUT2D eigenvalue weighted by Gasteiger charge is 2.10. The van der Waals surface area contributed by atoms with Crippen molar-refractivity contribution in [3.05, 3.63) is 121 Å². The highest BCUT2D eigenvalue weighted by Crippen LogP contribution is 2.27. The Morgan fingerprint density at radius 3 is 0.876 bits per heavy atom. The third kappa shape index (κ3) is 27.3. The van der Waals surface area contributed by atoms with Crippen molar-refractivity contribution in [3.8, 4) is 106 Å². The number of rotatable bonds is 20. The third-order valence-electron chi connectivity index (χ3n) is 9.94. The zero-order valence-electron chi connectivity index (χ0n) is 52.3. The van der Waals surface area contributed by atoms with Crippen LogP contribution in [0.15, 0.2) is 115 Å². The first-order chi connectivity index (χ1) is 43.2. The van der Waals surface area contributed by atoms with Gasteiger partial charge in [0.05, 0.1) is 99.5 Å². The molecule has 3 aromatic carbocycles. The lowest BCUT2D eigenvalue weighted by molar-refractivity contribution is 0.307.